The first kappa shape index (κ1) is 9.25. The maximum atomic E-state index is 8.84. The summed E-state index contributed by atoms with van der Waals surface area (Å²) in [5.74, 6) is 0. The average Bonchev–Trinajstić information content (AvgIpc) is 2.78. The van der Waals surface area contributed by atoms with Gasteiger partial charge in [0, 0.05) is 10.4 Å². The third kappa shape index (κ3) is 1.31. The van der Waals surface area contributed by atoms with E-state index in [1.165, 1.54) is 11.3 Å². The van der Waals surface area contributed by atoms with Gasteiger partial charge in [-0.25, -0.2) is 0 Å². The molecular formula is C10H8N2S2. The Labute approximate surface area is 90.2 Å². The van der Waals surface area contributed by atoms with Crippen molar-refractivity contribution >= 4 is 28.4 Å². The summed E-state index contributed by atoms with van der Waals surface area (Å²) < 4.78 is 0. The van der Waals surface area contributed by atoms with Crippen LogP contribution in [0.15, 0.2) is 16.8 Å². The summed E-state index contributed by atoms with van der Waals surface area (Å²) in [6, 6.07) is 4.16. The normalized spacial score (nSPS) is 10.0. The van der Waals surface area contributed by atoms with Crippen LogP contribution in [0.4, 0.5) is 5.69 Å². The fourth-order valence-electron chi connectivity index (χ4n) is 1.28. The molecule has 0 fully saturated rings. The van der Waals surface area contributed by atoms with Crippen molar-refractivity contribution in [1.82, 2.24) is 0 Å². The van der Waals surface area contributed by atoms with Crippen LogP contribution in [0.1, 0.15) is 10.4 Å². The van der Waals surface area contributed by atoms with Crippen LogP contribution in [0.25, 0.3) is 10.4 Å². The molecule has 0 atom stereocenters. The smallest absolute Gasteiger partial charge is 0.128 e. The Kier molecular flexibility index (Phi) is 2.28. The molecule has 0 unspecified atom stereocenters. The lowest BCUT2D eigenvalue weighted by Gasteiger charge is -1.94. The van der Waals surface area contributed by atoms with Crippen molar-refractivity contribution in [2.45, 2.75) is 6.92 Å². The highest BCUT2D eigenvalue weighted by molar-refractivity contribution is 7.17. The van der Waals surface area contributed by atoms with E-state index in [1.807, 2.05) is 18.4 Å². The fraction of sp³-hybridized carbons (Fsp3) is 0.100. The number of nitriles is 1. The van der Waals surface area contributed by atoms with Gasteiger partial charge in [-0.1, -0.05) is 0 Å². The van der Waals surface area contributed by atoms with E-state index in [-0.39, 0.29) is 0 Å². The van der Waals surface area contributed by atoms with Gasteiger partial charge in [0.1, 0.15) is 10.9 Å². The van der Waals surface area contributed by atoms with Crippen LogP contribution < -0.4 is 5.73 Å². The second-order valence-electron chi connectivity index (χ2n) is 2.92. The minimum absolute atomic E-state index is 0.615. The average molecular weight is 220 g/mol. The number of rotatable bonds is 1. The van der Waals surface area contributed by atoms with Crippen molar-refractivity contribution in [3.63, 3.8) is 0 Å². The Balaban J connectivity index is 2.62. The molecule has 0 saturated heterocycles. The van der Waals surface area contributed by atoms with E-state index in [2.05, 4.69) is 11.4 Å². The van der Waals surface area contributed by atoms with Crippen molar-refractivity contribution < 1.29 is 0 Å². The molecule has 2 aromatic rings. The zero-order valence-corrected chi connectivity index (χ0v) is 9.21. The van der Waals surface area contributed by atoms with E-state index in [0.29, 0.717) is 10.6 Å². The summed E-state index contributed by atoms with van der Waals surface area (Å²) in [5, 5.41) is 12.9. The highest BCUT2D eigenvalue weighted by atomic mass is 32.1. The van der Waals surface area contributed by atoms with E-state index >= 15 is 0 Å². The summed E-state index contributed by atoms with van der Waals surface area (Å²) in [5.41, 5.74) is 8.61. The topological polar surface area (TPSA) is 49.8 Å². The van der Waals surface area contributed by atoms with Crippen molar-refractivity contribution in [1.29, 1.82) is 5.26 Å². The van der Waals surface area contributed by atoms with Crippen LogP contribution in [-0.2, 0) is 0 Å². The molecule has 0 saturated carbocycles. The van der Waals surface area contributed by atoms with Gasteiger partial charge < -0.3 is 5.73 Å². The minimum atomic E-state index is 0.615. The van der Waals surface area contributed by atoms with Crippen LogP contribution in [0, 0.1) is 18.3 Å². The van der Waals surface area contributed by atoms with Crippen LogP contribution in [-0.4, -0.2) is 0 Å². The van der Waals surface area contributed by atoms with Gasteiger partial charge in [0.2, 0.25) is 0 Å². The molecule has 2 nitrogen and oxygen atoms in total. The van der Waals surface area contributed by atoms with Gasteiger partial charge in [-0.05, 0) is 29.3 Å². The predicted octanol–water partition coefficient (Wildman–Crippen LogP) is 3.24. The Bertz CT molecular complexity index is 489. The predicted molar refractivity (Wildman–Crippen MR) is 61.5 cm³/mol. The summed E-state index contributed by atoms with van der Waals surface area (Å²) in [6.45, 7) is 1.96. The highest BCUT2D eigenvalue weighted by Crippen LogP contribution is 2.38. The molecule has 0 spiro atoms. The van der Waals surface area contributed by atoms with Gasteiger partial charge in [0.05, 0.1) is 5.69 Å². The molecule has 0 radical (unpaired) electrons. The molecule has 2 rings (SSSR count). The van der Waals surface area contributed by atoms with E-state index in [1.54, 1.807) is 11.3 Å². The molecular weight excluding hydrogens is 212 g/mol. The minimum Gasteiger partial charge on any atom is -0.397 e. The van der Waals surface area contributed by atoms with Crippen LogP contribution in [0.3, 0.4) is 0 Å². The maximum absolute atomic E-state index is 8.84. The van der Waals surface area contributed by atoms with Crippen molar-refractivity contribution in [3.8, 4) is 16.5 Å². The monoisotopic (exact) mass is 220 g/mol. The fourth-order valence-corrected chi connectivity index (χ4v) is 3.02. The first-order valence-corrected chi connectivity index (χ1v) is 5.81. The second-order valence-corrected chi connectivity index (χ2v) is 4.72. The van der Waals surface area contributed by atoms with Crippen molar-refractivity contribution in [3.05, 3.63) is 27.3 Å². The molecule has 4 heteroatoms. The molecule has 0 aliphatic heterocycles. The largest absolute Gasteiger partial charge is 0.397 e. The highest BCUT2D eigenvalue weighted by Gasteiger charge is 2.13. The summed E-state index contributed by atoms with van der Waals surface area (Å²) in [4.78, 5) is 1.73. The van der Waals surface area contributed by atoms with E-state index in [0.717, 1.165) is 16.0 Å². The SMILES string of the molecule is Cc1c(-c2ccsc2)sc(C#N)c1N. The molecule has 0 aliphatic rings. The summed E-state index contributed by atoms with van der Waals surface area (Å²) in [7, 11) is 0. The summed E-state index contributed by atoms with van der Waals surface area (Å²) in [6.07, 6.45) is 0. The molecule has 70 valence electrons. The molecule has 2 N–H and O–H groups in total. The number of nitrogens with zero attached hydrogens (tertiary/aromatic N) is 1. The van der Waals surface area contributed by atoms with E-state index in [9.17, 15) is 0 Å². The first-order valence-electron chi connectivity index (χ1n) is 4.05. The number of hydrogen-bond donors (Lipinski definition) is 1. The Hall–Kier alpha value is -1.31. The lowest BCUT2D eigenvalue weighted by Crippen LogP contribution is -1.86. The van der Waals surface area contributed by atoms with Crippen molar-refractivity contribution in [2.24, 2.45) is 0 Å². The number of nitrogens with two attached hydrogens (primary N) is 1. The van der Waals surface area contributed by atoms with E-state index in [4.69, 9.17) is 11.0 Å². The van der Waals surface area contributed by atoms with Gasteiger partial charge in [-0.2, -0.15) is 16.6 Å². The standard InChI is InChI=1S/C10H8N2S2/c1-6-9(12)8(4-11)14-10(6)7-2-3-13-5-7/h2-3,5H,12H2,1H3. The van der Waals surface area contributed by atoms with E-state index < -0.39 is 0 Å². The zero-order chi connectivity index (χ0) is 10.1. The van der Waals surface area contributed by atoms with Crippen LogP contribution in [0.5, 0.6) is 0 Å². The van der Waals surface area contributed by atoms with Gasteiger partial charge >= 0.3 is 0 Å². The van der Waals surface area contributed by atoms with Gasteiger partial charge in [0.15, 0.2) is 0 Å². The Morgan fingerprint density at radius 3 is 2.79 bits per heavy atom. The maximum Gasteiger partial charge on any atom is 0.128 e. The summed E-state index contributed by atoms with van der Waals surface area (Å²) >= 11 is 3.11. The molecule has 2 aromatic heterocycles. The molecule has 0 bridgehead atoms. The van der Waals surface area contributed by atoms with Gasteiger partial charge in [-0.3, -0.25) is 0 Å². The number of anilines is 1. The second kappa shape index (κ2) is 3.45. The lowest BCUT2D eigenvalue weighted by atomic mass is 10.1. The van der Waals surface area contributed by atoms with Crippen molar-refractivity contribution in [2.75, 3.05) is 5.73 Å². The van der Waals surface area contributed by atoms with Gasteiger partial charge in [-0.15, -0.1) is 11.3 Å². The number of nitrogen functional groups attached to an aromatic ring is 1. The molecule has 0 aromatic carbocycles. The third-order valence-electron chi connectivity index (χ3n) is 2.08. The lowest BCUT2D eigenvalue weighted by molar-refractivity contribution is 1.50. The quantitative estimate of drug-likeness (QED) is 0.802. The molecule has 0 aliphatic carbocycles. The Morgan fingerprint density at radius 2 is 2.29 bits per heavy atom. The number of thiophene rings is 2. The van der Waals surface area contributed by atoms with Crippen LogP contribution >= 0.6 is 22.7 Å². The number of hydrogen-bond acceptors (Lipinski definition) is 4. The zero-order valence-electron chi connectivity index (χ0n) is 7.57. The first-order chi connectivity index (χ1) is 6.74. The van der Waals surface area contributed by atoms with Gasteiger partial charge in [0.25, 0.3) is 0 Å². The molecule has 0 amide bonds. The molecule has 2 heterocycles. The third-order valence-corrected chi connectivity index (χ3v) is 4.02. The Morgan fingerprint density at radius 1 is 1.50 bits per heavy atom. The molecule has 14 heavy (non-hydrogen) atoms. The van der Waals surface area contributed by atoms with Crippen LogP contribution in [0.2, 0.25) is 0 Å².